The first-order valence-corrected chi connectivity index (χ1v) is 5.53. The van der Waals surface area contributed by atoms with Gasteiger partial charge in [0.15, 0.2) is 0 Å². The molecular weight excluding hydrogens is 214 g/mol. The van der Waals surface area contributed by atoms with E-state index in [0.29, 0.717) is 17.0 Å². The molecule has 0 saturated carbocycles. The lowest BCUT2D eigenvalue weighted by atomic mass is 9.99. The molecule has 5 heteroatoms. The summed E-state index contributed by atoms with van der Waals surface area (Å²) in [4.78, 5) is 7.79. The third-order valence-electron chi connectivity index (χ3n) is 2.53. The van der Waals surface area contributed by atoms with Gasteiger partial charge in [0.25, 0.3) is 0 Å². The molecular formula is C10H14ClN3O. The second-order valence-corrected chi connectivity index (χ2v) is 4.07. The Balaban J connectivity index is 1.81. The van der Waals surface area contributed by atoms with Crippen LogP contribution in [0.15, 0.2) is 12.4 Å². The molecule has 0 radical (unpaired) electrons. The molecule has 0 unspecified atom stereocenters. The molecule has 0 amide bonds. The summed E-state index contributed by atoms with van der Waals surface area (Å²) in [5, 5.41) is 3.74. The summed E-state index contributed by atoms with van der Waals surface area (Å²) in [6.07, 6.45) is 3.75. The van der Waals surface area contributed by atoms with E-state index in [1.165, 1.54) is 19.2 Å². The Bertz CT molecular complexity index is 315. The van der Waals surface area contributed by atoms with Gasteiger partial charge in [-0.15, -0.1) is 0 Å². The van der Waals surface area contributed by atoms with Gasteiger partial charge in [0.2, 0.25) is 5.88 Å². The van der Waals surface area contributed by atoms with E-state index in [2.05, 4.69) is 15.3 Å². The fourth-order valence-electron chi connectivity index (χ4n) is 1.65. The second-order valence-electron chi connectivity index (χ2n) is 3.68. The highest BCUT2D eigenvalue weighted by molar-refractivity contribution is 6.29. The number of nitrogens with zero attached hydrogens (tertiary/aromatic N) is 2. The summed E-state index contributed by atoms with van der Waals surface area (Å²) in [6, 6.07) is 1.64. The molecule has 0 bridgehead atoms. The van der Waals surface area contributed by atoms with Gasteiger partial charge in [0.1, 0.15) is 11.5 Å². The van der Waals surface area contributed by atoms with Crippen LogP contribution in [0.4, 0.5) is 0 Å². The molecule has 2 heterocycles. The van der Waals surface area contributed by atoms with Crippen molar-refractivity contribution in [3.05, 3.63) is 17.5 Å². The smallest absolute Gasteiger partial charge is 0.217 e. The van der Waals surface area contributed by atoms with E-state index in [0.717, 1.165) is 19.7 Å². The van der Waals surface area contributed by atoms with Gasteiger partial charge < -0.3 is 10.1 Å². The Hall–Kier alpha value is -0.870. The molecule has 1 aromatic rings. The van der Waals surface area contributed by atoms with Gasteiger partial charge >= 0.3 is 0 Å². The SMILES string of the molecule is Clc1cc(OCC2CCNCC2)ncn1. The van der Waals surface area contributed by atoms with E-state index >= 15 is 0 Å². The second kappa shape index (κ2) is 5.28. The minimum atomic E-state index is 0.422. The third-order valence-corrected chi connectivity index (χ3v) is 2.74. The van der Waals surface area contributed by atoms with Gasteiger partial charge in [-0.05, 0) is 31.8 Å². The Morgan fingerprint density at radius 3 is 2.93 bits per heavy atom. The lowest BCUT2D eigenvalue weighted by Crippen LogP contribution is -2.30. The fraction of sp³-hybridized carbons (Fsp3) is 0.600. The van der Waals surface area contributed by atoms with Crippen molar-refractivity contribution in [3.8, 4) is 5.88 Å². The maximum atomic E-state index is 5.73. The molecule has 0 aromatic carbocycles. The third kappa shape index (κ3) is 3.32. The summed E-state index contributed by atoms with van der Waals surface area (Å²) in [6.45, 7) is 2.88. The number of halogens is 1. The van der Waals surface area contributed by atoms with Gasteiger partial charge in [-0.25, -0.2) is 9.97 Å². The highest BCUT2D eigenvalue weighted by Crippen LogP contribution is 2.15. The van der Waals surface area contributed by atoms with E-state index in [-0.39, 0.29) is 0 Å². The minimum Gasteiger partial charge on any atom is -0.477 e. The monoisotopic (exact) mass is 227 g/mol. The zero-order valence-electron chi connectivity index (χ0n) is 8.45. The first-order chi connectivity index (χ1) is 7.34. The molecule has 82 valence electrons. The molecule has 1 aliphatic heterocycles. The molecule has 15 heavy (non-hydrogen) atoms. The topological polar surface area (TPSA) is 47.0 Å². The van der Waals surface area contributed by atoms with Crippen LogP contribution >= 0.6 is 11.6 Å². The number of hydrogen-bond donors (Lipinski definition) is 1. The molecule has 2 rings (SSSR count). The van der Waals surface area contributed by atoms with E-state index in [4.69, 9.17) is 16.3 Å². The van der Waals surface area contributed by atoms with Crippen molar-refractivity contribution in [2.75, 3.05) is 19.7 Å². The average molecular weight is 228 g/mol. The van der Waals surface area contributed by atoms with Gasteiger partial charge in [-0.1, -0.05) is 11.6 Å². The Kier molecular flexibility index (Phi) is 3.75. The van der Waals surface area contributed by atoms with Crippen molar-refractivity contribution in [2.24, 2.45) is 5.92 Å². The first kappa shape index (κ1) is 10.6. The van der Waals surface area contributed by atoms with Crippen LogP contribution in [-0.4, -0.2) is 29.7 Å². The summed E-state index contributed by atoms with van der Waals surface area (Å²) in [5.41, 5.74) is 0. The van der Waals surface area contributed by atoms with E-state index in [1.54, 1.807) is 6.07 Å². The number of nitrogens with one attached hydrogen (secondary N) is 1. The van der Waals surface area contributed by atoms with E-state index in [9.17, 15) is 0 Å². The van der Waals surface area contributed by atoms with Crippen molar-refractivity contribution >= 4 is 11.6 Å². The number of hydrogen-bond acceptors (Lipinski definition) is 4. The Morgan fingerprint density at radius 1 is 1.40 bits per heavy atom. The van der Waals surface area contributed by atoms with Crippen molar-refractivity contribution < 1.29 is 4.74 Å². The lowest BCUT2D eigenvalue weighted by Gasteiger charge is -2.22. The van der Waals surface area contributed by atoms with Gasteiger partial charge in [-0.3, -0.25) is 0 Å². The molecule has 4 nitrogen and oxygen atoms in total. The lowest BCUT2D eigenvalue weighted by molar-refractivity contribution is 0.208. The van der Waals surface area contributed by atoms with Crippen LogP contribution in [0.3, 0.4) is 0 Å². The molecule has 1 fully saturated rings. The number of piperidine rings is 1. The zero-order chi connectivity index (χ0) is 10.5. The van der Waals surface area contributed by atoms with Gasteiger partial charge in [0.05, 0.1) is 6.61 Å². The van der Waals surface area contributed by atoms with Crippen molar-refractivity contribution in [2.45, 2.75) is 12.8 Å². The molecule has 1 saturated heterocycles. The predicted molar refractivity (Wildman–Crippen MR) is 58.1 cm³/mol. The molecule has 0 atom stereocenters. The molecule has 1 N–H and O–H groups in total. The van der Waals surface area contributed by atoms with Crippen molar-refractivity contribution in [1.29, 1.82) is 0 Å². The highest BCUT2D eigenvalue weighted by atomic mass is 35.5. The predicted octanol–water partition coefficient (Wildman–Crippen LogP) is 1.51. The number of aromatic nitrogens is 2. The average Bonchev–Trinajstić information content (AvgIpc) is 2.28. The first-order valence-electron chi connectivity index (χ1n) is 5.15. The summed E-state index contributed by atoms with van der Waals surface area (Å²) in [5.74, 6) is 1.19. The summed E-state index contributed by atoms with van der Waals surface area (Å²) < 4.78 is 5.56. The summed E-state index contributed by atoms with van der Waals surface area (Å²) in [7, 11) is 0. The normalized spacial score (nSPS) is 17.7. The van der Waals surface area contributed by atoms with Crippen LogP contribution in [0, 0.1) is 5.92 Å². The van der Waals surface area contributed by atoms with Crippen LogP contribution in [0.25, 0.3) is 0 Å². The van der Waals surface area contributed by atoms with Crippen LogP contribution in [0.1, 0.15) is 12.8 Å². The molecule has 1 aliphatic rings. The van der Waals surface area contributed by atoms with Crippen molar-refractivity contribution in [1.82, 2.24) is 15.3 Å². The van der Waals surface area contributed by atoms with Crippen LogP contribution in [0.2, 0.25) is 5.15 Å². The molecule has 0 spiro atoms. The fourth-order valence-corrected chi connectivity index (χ4v) is 1.78. The van der Waals surface area contributed by atoms with Crippen LogP contribution in [-0.2, 0) is 0 Å². The maximum Gasteiger partial charge on any atom is 0.217 e. The van der Waals surface area contributed by atoms with Crippen LogP contribution in [0.5, 0.6) is 5.88 Å². The van der Waals surface area contributed by atoms with Crippen LogP contribution < -0.4 is 10.1 Å². The maximum absolute atomic E-state index is 5.73. The summed E-state index contributed by atoms with van der Waals surface area (Å²) >= 11 is 5.73. The standard InChI is InChI=1S/C10H14ClN3O/c11-9-5-10(14-7-13-9)15-6-8-1-3-12-4-2-8/h5,7-8,12H,1-4,6H2. The quantitative estimate of drug-likeness (QED) is 0.796. The van der Waals surface area contributed by atoms with Gasteiger partial charge in [0, 0.05) is 6.07 Å². The molecule has 1 aromatic heterocycles. The largest absolute Gasteiger partial charge is 0.477 e. The highest BCUT2D eigenvalue weighted by Gasteiger charge is 2.13. The Morgan fingerprint density at radius 2 is 2.20 bits per heavy atom. The molecule has 0 aliphatic carbocycles. The minimum absolute atomic E-state index is 0.422. The Labute approximate surface area is 94.0 Å². The van der Waals surface area contributed by atoms with Crippen molar-refractivity contribution in [3.63, 3.8) is 0 Å². The number of rotatable bonds is 3. The number of ether oxygens (including phenoxy) is 1. The zero-order valence-corrected chi connectivity index (χ0v) is 9.20. The van der Waals surface area contributed by atoms with Gasteiger partial charge in [-0.2, -0.15) is 0 Å². The van der Waals surface area contributed by atoms with E-state index < -0.39 is 0 Å². The van der Waals surface area contributed by atoms with E-state index in [1.807, 2.05) is 0 Å².